The second-order valence-electron chi connectivity index (χ2n) is 5.09. The first-order valence-corrected chi connectivity index (χ1v) is 6.70. The van der Waals surface area contributed by atoms with Crippen molar-refractivity contribution in [3.63, 3.8) is 0 Å². The minimum Gasteiger partial charge on any atom is -0.503 e. The van der Waals surface area contributed by atoms with E-state index in [0.717, 1.165) is 26.2 Å². The van der Waals surface area contributed by atoms with Crippen molar-refractivity contribution in [2.24, 2.45) is 5.92 Å². The molecule has 106 valence electrons. The fourth-order valence-corrected chi connectivity index (χ4v) is 2.51. The zero-order valence-electron chi connectivity index (χ0n) is 11.1. The number of benzene rings is 1. The van der Waals surface area contributed by atoms with Gasteiger partial charge < -0.3 is 15.3 Å². The molecule has 5 heteroatoms. The van der Waals surface area contributed by atoms with E-state index in [9.17, 15) is 8.78 Å². The molecule has 1 atom stereocenters. The zero-order valence-corrected chi connectivity index (χ0v) is 11.1. The lowest BCUT2D eigenvalue weighted by atomic mass is 10.1. The van der Waals surface area contributed by atoms with Crippen LogP contribution in [0.15, 0.2) is 12.1 Å². The van der Waals surface area contributed by atoms with Gasteiger partial charge in [-0.25, -0.2) is 8.78 Å². The van der Waals surface area contributed by atoms with Crippen LogP contribution >= 0.6 is 0 Å². The lowest BCUT2D eigenvalue weighted by molar-refractivity contribution is 0.338. The molecule has 1 aliphatic rings. The first-order chi connectivity index (χ1) is 9.10. The van der Waals surface area contributed by atoms with E-state index in [1.165, 1.54) is 18.6 Å². The van der Waals surface area contributed by atoms with Gasteiger partial charge in [-0.3, -0.25) is 0 Å². The van der Waals surface area contributed by atoms with E-state index in [2.05, 4.69) is 17.1 Å². The van der Waals surface area contributed by atoms with Gasteiger partial charge in [-0.2, -0.15) is 0 Å². The van der Waals surface area contributed by atoms with Gasteiger partial charge in [0.05, 0.1) is 0 Å². The van der Waals surface area contributed by atoms with E-state index in [1.54, 1.807) is 0 Å². The topological polar surface area (TPSA) is 35.5 Å². The molecular weight excluding hydrogens is 250 g/mol. The highest BCUT2D eigenvalue weighted by Crippen LogP contribution is 2.21. The van der Waals surface area contributed by atoms with Crippen LogP contribution in [0.1, 0.15) is 18.9 Å². The van der Waals surface area contributed by atoms with E-state index in [0.29, 0.717) is 18.0 Å². The Morgan fingerprint density at radius 3 is 2.63 bits per heavy atom. The molecule has 1 saturated heterocycles. The maximum Gasteiger partial charge on any atom is 0.187 e. The molecule has 0 aromatic heterocycles. The number of nitrogens with zero attached hydrogens (tertiary/aromatic N) is 1. The molecule has 0 bridgehead atoms. The summed E-state index contributed by atoms with van der Waals surface area (Å²) in [6, 6.07) is 2.33. The number of aromatic hydroxyl groups is 1. The average molecular weight is 270 g/mol. The summed E-state index contributed by atoms with van der Waals surface area (Å²) in [6.45, 7) is 6.70. The summed E-state index contributed by atoms with van der Waals surface area (Å²) in [5.74, 6) is -2.12. The predicted molar refractivity (Wildman–Crippen MR) is 70.0 cm³/mol. The smallest absolute Gasteiger partial charge is 0.187 e. The third-order valence-corrected chi connectivity index (χ3v) is 3.66. The molecule has 0 spiro atoms. The molecule has 0 aliphatic carbocycles. The fourth-order valence-electron chi connectivity index (χ4n) is 2.51. The van der Waals surface area contributed by atoms with Gasteiger partial charge in [-0.05, 0) is 49.7 Å². The maximum atomic E-state index is 13.1. The van der Waals surface area contributed by atoms with Gasteiger partial charge >= 0.3 is 0 Å². The molecule has 0 radical (unpaired) electrons. The van der Waals surface area contributed by atoms with Crippen LogP contribution in [0.4, 0.5) is 8.78 Å². The third kappa shape index (κ3) is 3.64. The van der Waals surface area contributed by atoms with Crippen LogP contribution in [0.5, 0.6) is 5.75 Å². The van der Waals surface area contributed by atoms with E-state index in [4.69, 9.17) is 5.11 Å². The van der Waals surface area contributed by atoms with Gasteiger partial charge in [0.1, 0.15) is 0 Å². The fraction of sp³-hybridized carbons (Fsp3) is 0.571. The van der Waals surface area contributed by atoms with Crippen molar-refractivity contribution < 1.29 is 13.9 Å². The minimum absolute atomic E-state index is 0.413. The first-order valence-electron chi connectivity index (χ1n) is 6.70. The third-order valence-electron chi connectivity index (χ3n) is 3.66. The van der Waals surface area contributed by atoms with Crippen molar-refractivity contribution in [1.29, 1.82) is 0 Å². The lowest BCUT2D eigenvalue weighted by Gasteiger charge is -2.14. The SMILES string of the molecule is CCN1CCC(CNCc2cc(F)c(O)c(F)c2)C1. The molecule has 1 heterocycles. The average Bonchev–Trinajstić information content (AvgIpc) is 2.84. The summed E-state index contributed by atoms with van der Waals surface area (Å²) in [4.78, 5) is 2.40. The molecule has 2 N–H and O–H groups in total. The summed E-state index contributed by atoms with van der Waals surface area (Å²) >= 11 is 0. The van der Waals surface area contributed by atoms with E-state index >= 15 is 0 Å². The van der Waals surface area contributed by atoms with Crippen molar-refractivity contribution >= 4 is 0 Å². The molecule has 1 aromatic rings. The number of phenolic OH excluding ortho intramolecular Hbond substituents is 1. The van der Waals surface area contributed by atoms with E-state index < -0.39 is 17.4 Å². The number of rotatable bonds is 5. The Hall–Kier alpha value is -1.20. The van der Waals surface area contributed by atoms with Gasteiger partial charge in [-0.15, -0.1) is 0 Å². The summed E-state index contributed by atoms with van der Waals surface area (Å²) in [6.07, 6.45) is 1.17. The summed E-state index contributed by atoms with van der Waals surface area (Å²) in [5.41, 5.74) is 0.512. The Bertz CT molecular complexity index is 416. The Kier molecular flexibility index (Phi) is 4.71. The Balaban J connectivity index is 1.80. The van der Waals surface area contributed by atoms with E-state index in [1.807, 2.05) is 0 Å². The number of hydrogen-bond acceptors (Lipinski definition) is 3. The van der Waals surface area contributed by atoms with Gasteiger partial charge in [0.25, 0.3) is 0 Å². The van der Waals surface area contributed by atoms with Crippen molar-refractivity contribution in [3.05, 3.63) is 29.3 Å². The number of likely N-dealkylation sites (tertiary alicyclic amines) is 1. The van der Waals surface area contributed by atoms with Crippen LogP contribution in [-0.4, -0.2) is 36.2 Å². The lowest BCUT2D eigenvalue weighted by Crippen LogP contribution is -2.26. The maximum absolute atomic E-state index is 13.1. The predicted octanol–water partition coefficient (Wildman–Crippen LogP) is 2.10. The second-order valence-corrected chi connectivity index (χ2v) is 5.09. The Morgan fingerprint density at radius 1 is 1.37 bits per heavy atom. The summed E-state index contributed by atoms with van der Waals surface area (Å²) in [5, 5.41) is 12.2. The van der Waals surface area contributed by atoms with Gasteiger partial charge in [0.2, 0.25) is 0 Å². The first kappa shape index (κ1) is 14.2. The Morgan fingerprint density at radius 2 is 2.05 bits per heavy atom. The van der Waals surface area contributed by atoms with Crippen LogP contribution in [0.2, 0.25) is 0 Å². The Labute approximate surface area is 112 Å². The zero-order chi connectivity index (χ0) is 13.8. The van der Waals surface area contributed by atoms with Crippen LogP contribution in [0, 0.1) is 17.6 Å². The molecule has 19 heavy (non-hydrogen) atoms. The minimum atomic E-state index is -0.908. The molecule has 1 fully saturated rings. The number of phenols is 1. The molecule has 0 saturated carbocycles. The number of nitrogens with one attached hydrogen (secondary N) is 1. The molecule has 0 amide bonds. The largest absolute Gasteiger partial charge is 0.503 e. The molecule has 1 aromatic carbocycles. The number of halogens is 2. The highest BCUT2D eigenvalue weighted by molar-refractivity contribution is 5.29. The molecular formula is C14H20F2N2O. The molecule has 1 unspecified atom stereocenters. The summed E-state index contributed by atoms with van der Waals surface area (Å²) in [7, 11) is 0. The molecule has 1 aliphatic heterocycles. The van der Waals surface area contributed by atoms with Crippen LogP contribution in [0.25, 0.3) is 0 Å². The quantitative estimate of drug-likeness (QED) is 0.860. The van der Waals surface area contributed by atoms with Crippen LogP contribution in [-0.2, 0) is 6.54 Å². The van der Waals surface area contributed by atoms with Crippen molar-refractivity contribution in [2.45, 2.75) is 19.9 Å². The van der Waals surface area contributed by atoms with Crippen LogP contribution in [0.3, 0.4) is 0 Å². The van der Waals surface area contributed by atoms with Crippen molar-refractivity contribution in [3.8, 4) is 5.75 Å². The van der Waals surface area contributed by atoms with Crippen molar-refractivity contribution in [2.75, 3.05) is 26.2 Å². The highest BCUT2D eigenvalue weighted by Gasteiger charge is 2.20. The van der Waals surface area contributed by atoms with Gasteiger partial charge in [0.15, 0.2) is 17.4 Å². The van der Waals surface area contributed by atoms with Crippen LogP contribution < -0.4 is 5.32 Å². The van der Waals surface area contributed by atoms with Gasteiger partial charge in [-0.1, -0.05) is 6.92 Å². The van der Waals surface area contributed by atoms with Crippen molar-refractivity contribution in [1.82, 2.24) is 10.2 Å². The molecule has 3 nitrogen and oxygen atoms in total. The normalized spacial score (nSPS) is 20.1. The number of hydrogen-bond donors (Lipinski definition) is 2. The molecule has 2 rings (SSSR count). The summed E-state index contributed by atoms with van der Waals surface area (Å²) < 4.78 is 26.3. The highest BCUT2D eigenvalue weighted by atomic mass is 19.1. The standard InChI is InChI=1S/C14H20F2N2O/c1-2-18-4-3-10(9-18)7-17-8-11-5-12(15)14(19)13(16)6-11/h5-6,10,17,19H,2-4,7-9H2,1H3. The second kappa shape index (κ2) is 6.30. The van der Waals surface area contributed by atoms with Gasteiger partial charge in [0, 0.05) is 13.1 Å². The monoisotopic (exact) mass is 270 g/mol. The van der Waals surface area contributed by atoms with E-state index in [-0.39, 0.29) is 0 Å².